The van der Waals surface area contributed by atoms with Crippen molar-refractivity contribution >= 4 is 18.0 Å². The molecule has 8 nitrogen and oxygen atoms in total. The zero-order chi connectivity index (χ0) is 21.5. The summed E-state index contributed by atoms with van der Waals surface area (Å²) in [5, 5.41) is 4.10. The van der Waals surface area contributed by atoms with Gasteiger partial charge in [-0.15, -0.1) is 0 Å². The quantitative estimate of drug-likeness (QED) is 0.420. The number of hydrogen-bond acceptors (Lipinski definition) is 6. The lowest BCUT2D eigenvalue weighted by molar-refractivity contribution is -0.140. The normalized spacial score (nSPS) is 12.1. The first-order valence-electron chi connectivity index (χ1n) is 9.53. The van der Waals surface area contributed by atoms with Crippen molar-refractivity contribution in [2.75, 3.05) is 14.2 Å². The number of benzene rings is 1. The molecule has 0 saturated heterocycles. The van der Waals surface area contributed by atoms with E-state index in [2.05, 4.69) is 14.8 Å². The Balaban J connectivity index is 1.58. The molecule has 8 heteroatoms. The lowest BCUT2D eigenvalue weighted by Crippen LogP contribution is -2.27. The van der Waals surface area contributed by atoms with Gasteiger partial charge in [-0.1, -0.05) is 12.1 Å². The predicted octanol–water partition coefficient (Wildman–Crippen LogP) is 3.20. The van der Waals surface area contributed by atoms with E-state index in [1.807, 2.05) is 31.2 Å². The number of hydrogen-bond donors (Lipinski definition) is 0. The molecular weight excluding hydrogens is 384 g/mol. The molecule has 3 aromatic rings. The van der Waals surface area contributed by atoms with E-state index in [0.717, 1.165) is 11.3 Å². The molecule has 0 aliphatic carbocycles. The van der Waals surface area contributed by atoms with Gasteiger partial charge in [0.15, 0.2) is 0 Å². The number of carbonyl (C=O) groups is 2. The highest BCUT2D eigenvalue weighted by Gasteiger charge is 2.16. The van der Waals surface area contributed by atoms with Crippen LogP contribution >= 0.6 is 0 Å². The number of ether oxygens (including phenoxy) is 1. The number of amides is 1. The first-order chi connectivity index (χ1) is 14.5. The van der Waals surface area contributed by atoms with Gasteiger partial charge in [0.25, 0.3) is 0 Å². The lowest BCUT2D eigenvalue weighted by atomic mass is 10.1. The number of rotatable bonds is 8. The summed E-state index contributed by atoms with van der Waals surface area (Å²) in [6, 6.07) is 11.3. The Morgan fingerprint density at radius 2 is 2.00 bits per heavy atom. The molecule has 156 valence electrons. The summed E-state index contributed by atoms with van der Waals surface area (Å²) >= 11 is 0. The maximum atomic E-state index is 12.6. The van der Waals surface area contributed by atoms with Crippen molar-refractivity contribution in [1.82, 2.24) is 19.7 Å². The van der Waals surface area contributed by atoms with E-state index in [0.29, 0.717) is 17.9 Å². The number of esters is 1. The molecule has 0 N–H and O–H groups in total. The van der Waals surface area contributed by atoms with E-state index in [1.54, 1.807) is 41.2 Å². The summed E-state index contributed by atoms with van der Waals surface area (Å²) in [5.41, 5.74) is 1.91. The Morgan fingerprint density at radius 3 is 2.67 bits per heavy atom. The van der Waals surface area contributed by atoms with Gasteiger partial charge in [0.2, 0.25) is 5.91 Å². The summed E-state index contributed by atoms with van der Waals surface area (Å²) in [6.45, 7) is 1.97. The maximum Gasteiger partial charge on any atom is 0.305 e. The van der Waals surface area contributed by atoms with Gasteiger partial charge < -0.3 is 14.1 Å². The van der Waals surface area contributed by atoms with Gasteiger partial charge in [-0.25, -0.2) is 9.67 Å². The number of methoxy groups -OCH3 is 1. The number of likely N-dealkylation sites (N-methyl/N-ethyl adjacent to an activating group) is 1. The summed E-state index contributed by atoms with van der Waals surface area (Å²) < 4.78 is 11.9. The van der Waals surface area contributed by atoms with Crippen LogP contribution in [0.1, 0.15) is 36.5 Å². The number of carbonyl (C=O) groups excluding carboxylic acids is 2. The summed E-state index contributed by atoms with van der Waals surface area (Å²) in [6.07, 6.45) is 6.92. The van der Waals surface area contributed by atoms with Gasteiger partial charge in [-0.2, -0.15) is 5.10 Å². The van der Waals surface area contributed by atoms with Crippen LogP contribution in [0.25, 0.3) is 11.8 Å². The molecule has 2 heterocycles. The number of aryl methyl sites for hydroxylation is 1. The van der Waals surface area contributed by atoms with Crippen molar-refractivity contribution in [3.05, 3.63) is 72.2 Å². The fourth-order valence-electron chi connectivity index (χ4n) is 2.88. The first-order valence-corrected chi connectivity index (χ1v) is 9.53. The molecule has 0 aliphatic rings. The second kappa shape index (κ2) is 9.69. The zero-order valence-electron chi connectivity index (χ0n) is 17.2. The fourth-order valence-corrected chi connectivity index (χ4v) is 2.88. The molecule has 0 aliphatic heterocycles. The van der Waals surface area contributed by atoms with Crippen LogP contribution in [0.15, 0.2) is 59.5 Å². The molecule has 0 radical (unpaired) electrons. The van der Waals surface area contributed by atoms with Crippen LogP contribution in [0.3, 0.4) is 0 Å². The Hall–Kier alpha value is -3.68. The van der Waals surface area contributed by atoms with Gasteiger partial charge in [0.1, 0.15) is 24.2 Å². The Bertz CT molecular complexity index is 1010. The molecule has 0 unspecified atom stereocenters. The van der Waals surface area contributed by atoms with E-state index in [1.165, 1.54) is 19.5 Å². The van der Waals surface area contributed by atoms with Crippen LogP contribution in [0.4, 0.5) is 0 Å². The zero-order valence-corrected chi connectivity index (χ0v) is 17.2. The second-order valence-corrected chi connectivity index (χ2v) is 6.77. The van der Waals surface area contributed by atoms with Crippen LogP contribution in [0.5, 0.6) is 0 Å². The van der Waals surface area contributed by atoms with E-state index in [9.17, 15) is 9.59 Å². The van der Waals surface area contributed by atoms with Crippen LogP contribution in [0, 0.1) is 0 Å². The third-order valence-corrected chi connectivity index (χ3v) is 4.86. The topological polar surface area (TPSA) is 90.5 Å². The highest BCUT2D eigenvalue weighted by Crippen LogP contribution is 2.21. The molecule has 0 saturated carbocycles. The molecule has 0 fully saturated rings. The largest absolute Gasteiger partial charge is 0.469 e. The van der Waals surface area contributed by atoms with Crippen molar-refractivity contribution < 1.29 is 18.7 Å². The van der Waals surface area contributed by atoms with Gasteiger partial charge in [-0.3, -0.25) is 9.59 Å². The Labute approximate surface area is 174 Å². The molecule has 2 aromatic heterocycles. The summed E-state index contributed by atoms with van der Waals surface area (Å²) in [4.78, 5) is 29.4. The van der Waals surface area contributed by atoms with Crippen molar-refractivity contribution in [2.45, 2.75) is 25.8 Å². The van der Waals surface area contributed by atoms with Crippen LogP contribution in [-0.4, -0.2) is 45.7 Å². The van der Waals surface area contributed by atoms with Crippen molar-refractivity contribution in [2.24, 2.45) is 0 Å². The Kier molecular flexibility index (Phi) is 6.79. The number of aromatic nitrogens is 3. The van der Waals surface area contributed by atoms with Crippen LogP contribution in [0.2, 0.25) is 0 Å². The standard InChI is InChI=1S/C22H24N4O4/c1-16(17-4-6-18(7-5-17)26-15-23-14-24-26)25(2)21(27)12-10-19-8-9-20(30-19)11-13-22(28)29-3/h4-10,12,14-16H,11,13H2,1-3H3/b12-10+/t16-/m0/s1. The Morgan fingerprint density at radius 1 is 1.23 bits per heavy atom. The molecule has 1 amide bonds. The minimum atomic E-state index is -0.288. The molecule has 3 rings (SSSR count). The average molecular weight is 408 g/mol. The van der Waals surface area contributed by atoms with Gasteiger partial charge >= 0.3 is 5.97 Å². The van der Waals surface area contributed by atoms with Crippen molar-refractivity contribution in [1.29, 1.82) is 0 Å². The minimum Gasteiger partial charge on any atom is -0.469 e. The third kappa shape index (κ3) is 5.22. The summed E-state index contributed by atoms with van der Waals surface area (Å²) in [5.74, 6) is 0.794. The molecule has 0 bridgehead atoms. The van der Waals surface area contributed by atoms with E-state index in [4.69, 9.17) is 4.42 Å². The summed E-state index contributed by atoms with van der Waals surface area (Å²) in [7, 11) is 3.11. The van der Waals surface area contributed by atoms with Gasteiger partial charge in [-0.05, 0) is 42.8 Å². The maximum absolute atomic E-state index is 12.6. The van der Waals surface area contributed by atoms with Gasteiger partial charge in [0.05, 0.1) is 25.3 Å². The van der Waals surface area contributed by atoms with E-state index >= 15 is 0 Å². The first kappa shape index (κ1) is 21.0. The number of nitrogens with zero attached hydrogens (tertiary/aromatic N) is 4. The smallest absolute Gasteiger partial charge is 0.305 e. The lowest BCUT2D eigenvalue weighted by Gasteiger charge is -2.24. The average Bonchev–Trinajstić information content (AvgIpc) is 3.47. The van der Waals surface area contributed by atoms with Crippen molar-refractivity contribution in [3.8, 4) is 5.69 Å². The van der Waals surface area contributed by atoms with E-state index in [-0.39, 0.29) is 24.3 Å². The molecule has 1 aromatic carbocycles. The SMILES string of the molecule is COC(=O)CCc1ccc(/C=C/C(=O)N(C)[C@@H](C)c2ccc(-n3cncn3)cc2)o1. The third-order valence-electron chi connectivity index (χ3n) is 4.86. The van der Waals surface area contributed by atoms with Gasteiger partial charge in [0, 0.05) is 19.5 Å². The molecule has 30 heavy (non-hydrogen) atoms. The predicted molar refractivity (Wildman–Crippen MR) is 111 cm³/mol. The van der Waals surface area contributed by atoms with Crippen LogP contribution < -0.4 is 0 Å². The van der Waals surface area contributed by atoms with Crippen molar-refractivity contribution in [3.63, 3.8) is 0 Å². The minimum absolute atomic E-state index is 0.112. The molecular formula is C22H24N4O4. The number of furan rings is 1. The van der Waals surface area contributed by atoms with E-state index < -0.39 is 0 Å². The van der Waals surface area contributed by atoms with Crippen LogP contribution in [-0.2, 0) is 20.7 Å². The molecule has 0 spiro atoms. The molecule has 1 atom stereocenters. The highest BCUT2D eigenvalue weighted by atomic mass is 16.5. The second-order valence-electron chi connectivity index (χ2n) is 6.77. The fraction of sp³-hybridized carbons (Fsp3) is 0.273. The highest BCUT2D eigenvalue weighted by molar-refractivity contribution is 5.91. The monoisotopic (exact) mass is 408 g/mol.